The summed E-state index contributed by atoms with van der Waals surface area (Å²) >= 11 is 1.69. The van der Waals surface area contributed by atoms with Crippen molar-refractivity contribution in [1.29, 1.82) is 0 Å². The molecule has 1 aliphatic heterocycles. The number of hydrogen-bond acceptors (Lipinski definition) is 8. The summed E-state index contributed by atoms with van der Waals surface area (Å²) < 4.78 is 18.7. The van der Waals surface area contributed by atoms with Crippen molar-refractivity contribution in [2.75, 3.05) is 13.4 Å². The zero-order valence-corrected chi connectivity index (χ0v) is 17.3. The molecule has 9 heteroatoms. The van der Waals surface area contributed by atoms with Gasteiger partial charge in [-0.3, -0.25) is 0 Å². The first-order valence-corrected chi connectivity index (χ1v) is 10.6. The van der Waals surface area contributed by atoms with Gasteiger partial charge in [-0.15, -0.1) is 16.9 Å². The van der Waals surface area contributed by atoms with Crippen molar-refractivity contribution in [3.05, 3.63) is 59.8 Å². The quantitative estimate of drug-likeness (QED) is 0.447. The summed E-state index contributed by atoms with van der Waals surface area (Å²) in [6.45, 7) is 0.900. The first kappa shape index (κ1) is 18.8. The van der Waals surface area contributed by atoms with Gasteiger partial charge in [0.25, 0.3) is 5.89 Å². The van der Waals surface area contributed by atoms with Gasteiger partial charge >= 0.3 is 0 Å². The highest BCUT2D eigenvalue weighted by Crippen LogP contribution is 2.32. The Bertz CT molecular complexity index is 1170. The summed E-state index contributed by atoms with van der Waals surface area (Å²) in [5.74, 6) is 1.65. The predicted octanol–water partition coefficient (Wildman–Crippen LogP) is 4.00. The number of rotatable bonds is 5. The predicted molar refractivity (Wildman–Crippen MR) is 111 cm³/mol. The number of methoxy groups -OCH3 is 1. The van der Waals surface area contributed by atoms with Gasteiger partial charge < -0.3 is 14.0 Å². The third-order valence-electron chi connectivity index (χ3n) is 5.04. The zero-order valence-electron chi connectivity index (χ0n) is 16.5. The van der Waals surface area contributed by atoms with Crippen molar-refractivity contribution in [1.82, 2.24) is 25.1 Å². The third-order valence-corrected chi connectivity index (χ3v) is 5.78. The Morgan fingerprint density at radius 1 is 1.17 bits per heavy atom. The third kappa shape index (κ3) is 3.46. The van der Waals surface area contributed by atoms with Crippen LogP contribution in [-0.4, -0.2) is 38.5 Å². The summed E-state index contributed by atoms with van der Waals surface area (Å²) in [4.78, 5) is 5.69. The van der Waals surface area contributed by atoms with Crippen molar-refractivity contribution >= 4 is 11.8 Å². The summed E-state index contributed by atoms with van der Waals surface area (Å²) in [6, 6.07) is 15.9. The molecule has 0 N–H and O–H groups in total. The van der Waals surface area contributed by atoms with Crippen LogP contribution >= 0.6 is 11.8 Å². The molecule has 8 nitrogen and oxygen atoms in total. The maximum absolute atomic E-state index is 6.08. The first-order chi connectivity index (χ1) is 14.7. The topological polar surface area (TPSA) is 88.1 Å². The largest absolute Gasteiger partial charge is 0.497 e. The van der Waals surface area contributed by atoms with Crippen LogP contribution in [0.5, 0.6) is 5.75 Å². The number of benzene rings is 2. The van der Waals surface area contributed by atoms with Gasteiger partial charge in [-0.1, -0.05) is 22.5 Å². The first-order valence-electron chi connectivity index (χ1n) is 9.41. The molecule has 0 radical (unpaired) electrons. The molecule has 30 heavy (non-hydrogen) atoms. The van der Waals surface area contributed by atoms with E-state index in [0.29, 0.717) is 30.6 Å². The molecule has 152 valence electrons. The Morgan fingerprint density at radius 3 is 2.83 bits per heavy atom. The van der Waals surface area contributed by atoms with Crippen molar-refractivity contribution in [3.8, 4) is 28.7 Å². The van der Waals surface area contributed by atoms with E-state index in [4.69, 9.17) is 14.0 Å². The Hall–Kier alpha value is -3.17. The fourth-order valence-corrected chi connectivity index (χ4v) is 3.81. The van der Waals surface area contributed by atoms with Crippen LogP contribution in [0.15, 0.2) is 57.9 Å². The van der Waals surface area contributed by atoms with Crippen LogP contribution in [0.4, 0.5) is 0 Å². The molecule has 1 aliphatic rings. The van der Waals surface area contributed by atoms with Crippen LogP contribution in [-0.2, 0) is 17.9 Å². The average molecular weight is 421 g/mol. The highest BCUT2D eigenvalue weighted by molar-refractivity contribution is 7.98. The molecule has 0 saturated heterocycles. The van der Waals surface area contributed by atoms with E-state index in [2.05, 4.69) is 20.5 Å². The van der Waals surface area contributed by atoms with E-state index < -0.39 is 0 Å². The molecule has 0 spiro atoms. The monoisotopic (exact) mass is 421 g/mol. The molecule has 0 saturated carbocycles. The lowest BCUT2D eigenvalue weighted by Crippen LogP contribution is -2.22. The number of thioether (sulfide) groups is 1. The van der Waals surface area contributed by atoms with Gasteiger partial charge in [0.15, 0.2) is 5.69 Å². The zero-order chi connectivity index (χ0) is 20.5. The van der Waals surface area contributed by atoms with E-state index in [1.807, 2.05) is 59.5 Å². The Balaban J connectivity index is 1.38. The van der Waals surface area contributed by atoms with Crippen LogP contribution in [0.1, 0.15) is 17.4 Å². The number of fused-ring (bicyclic) bond motifs is 1. The minimum atomic E-state index is -0.129. The summed E-state index contributed by atoms with van der Waals surface area (Å²) in [7, 11) is 1.65. The minimum Gasteiger partial charge on any atom is -0.497 e. The van der Waals surface area contributed by atoms with Gasteiger partial charge in [0.05, 0.1) is 26.0 Å². The lowest BCUT2D eigenvalue weighted by molar-refractivity contribution is -0.00127. The lowest BCUT2D eigenvalue weighted by atomic mass is 10.1. The summed E-state index contributed by atoms with van der Waals surface area (Å²) in [5, 5.41) is 12.7. The number of ether oxygens (including phenoxy) is 2. The summed E-state index contributed by atoms with van der Waals surface area (Å²) in [5.41, 5.74) is 3.30. The Kier molecular flexibility index (Phi) is 4.97. The fourth-order valence-electron chi connectivity index (χ4n) is 3.40. The average Bonchev–Trinajstić information content (AvgIpc) is 3.46. The molecule has 2 aromatic carbocycles. The van der Waals surface area contributed by atoms with E-state index in [1.54, 1.807) is 18.9 Å². The number of hydrogen-bond donors (Lipinski definition) is 0. The standard InChI is InChI=1S/C21H19N5O3S/c1-27-15-5-3-4-14(10-15)18-11-26-17(12-28-18)19(23-25-26)21-22-20(24-29-21)13-6-8-16(30-2)9-7-13/h3-10,18H,11-12H2,1-2H3/t18-/m1/s1. The van der Waals surface area contributed by atoms with Gasteiger partial charge in [0.1, 0.15) is 11.9 Å². The highest BCUT2D eigenvalue weighted by atomic mass is 32.2. The molecule has 1 atom stereocenters. The minimum absolute atomic E-state index is 0.129. The maximum Gasteiger partial charge on any atom is 0.280 e. The second-order valence-corrected chi connectivity index (χ2v) is 7.67. The van der Waals surface area contributed by atoms with E-state index in [-0.39, 0.29) is 6.10 Å². The van der Waals surface area contributed by atoms with E-state index in [9.17, 15) is 0 Å². The Morgan fingerprint density at radius 2 is 2.03 bits per heavy atom. The molecule has 4 aromatic rings. The van der Waals surface area contributed by atoms with Crippen molar-refractivity contribution < 1.29 is 14.0 Å². The smallest absolute Gasteiger partial charge is 0.280 e. The highest BCUT2D eigenvalue weighted by Gasteiger charge is 2.28. The molecule has 3 heterocycles. The van der Waals surface area contributed by atoms with Crippen molar-refractivity contribution in [2.24, 2.45) is 0 Å². The molecular formula is C21H19N5O3S. The van der Waals surface area contributed by atoms with Gasteiger partial charge in [-0.2, -0.15) is 4.98 Å². The normalized spacial score (nSPS) is 15.7. The molecule has 2 aromatic heterocycles. The molecule has 0 amide bonds. The molecule has 0 aliphatic carbocycles. The molecule has 0 unspecified atom stereocenters. The molecule has 5 rings (SSSR count). The van der Waals surface area contributed by atoms with Crippen molar-refractivity contribution in [3.63, 3.8) is 0 Å². The number of aromatic nitrogens is 5. The second-order valence-electron chi connectivity index (χ2n) is 6.79. The van der Waals surface area contributed by atoms with Crippen LogP contribution < -0.4 is 4.74 Å². The molecular weight excluding hydrogens is 402 g/mol. The van der Waals surface area contributed by atoms with Crippen LogP contribution in [0, 0.1) is 0 Å². The van der Waals surface area contributed by atoms with Crippen LogP contribution in [0.3, 0.4) is 0 Å². The second kappa shape index (κ2) is 7.92. The number of nitrogens with zero attached hydrogens (tertiary/aromatic N) is 5. The van der Waals surface area contributed by atoms with Gasteiger partial charge in [0, 0.05) is 10.5 Å². The van der Waals surface area contributed by atoms with E-state index in [0.717, 1.165) is 22.6 Å². The fraction of sp³-hybridized carbons (Fsp3) is 0.238. The SMILES string of the molecule is COc1cccc([C@H]2Cn3nnc(-c4nc(-c5ccc(SC)cc5)no4)c3CO2)c1. The lowest BCUT2D eigenvalue weighted by Gasteiger charge is -2.24. The van der Waals surface area contributed by atoms with Gasteiger partial charge in [0.2, 0.25) is 5.82 Å². The van der Waals surface area contributed by atoms with E-state index >= 15 is 0 Å². The Labute approximate surface area is 177 Å². The van der Waals surface area contributed by atoms with Gasteiger partial charge in [-0.25, -0.2) is 4.68 Å². The van der Waals surface area contributed by atoms with Crippen LogP contribution in [0.25, 0.3) is 23.0 Å². The maximum atomic E-state index is 6.08. The molecule has 0 fully saturated rings. The van der Waals surface area contributed by atoms with Gasteiger partial charge in [-0.05, 0) is 48.2 Å². The van der Waals surface area contributed by atoms with Crippen LogP contribution in [0.2, 0.25) is 0 Å². The molecule has 0 bridgehead atoms. The summed E-state index contributed by atoms with van der Waals surface area (Å²) in [6.07, 6.45) is 1.91. The van der Waals surface area contributed by atoms with E-state index in [1.165, 1.54) is 4.90 Å². The van der Waals surface area contributed by atoms with Crippen molar-refractivity contribution in [2.45, 2.75) is 24.2 Å².